The molecule has 0 heterocycles. The molecule has 0 aliphatic rings. The molecule has 0 unspecified atom stereocenters. The largest absolute Gasteiger partial charge is 0.380 e. The summed E-state index contributed by atoms with van der Waals surface area (Å²) < 4.78 is 5.14. The van der Waals surface area contributed by atoms with Crippen molar-refractivity contribution in [1.29, 1.82) is 0 Å². The fourth-order valence-corrected chi connectivity index (χ4v) is 0.920. The Morgan fingerprint density at radius 1 is 1.30 bits per heavy atom. The van der Waals surface area contributed by atoms with Gasteiger partial charge in [0.2, 0.25) is 0 Å². The monoisotopic (exact) mass is 145 g/mol. The number of methoxy groups -OCH3 is 1. The molecule has 0 aliphatic heterocycles. The summed E-state index contributed by atoms with van der Waals surface area (Å²) in [6.07, 6.45) is 0.361. The lowest BCUT2D eigenvalue weighted by Crippen LogP contribution is -2.31. The van der Waals surface area contributed by atoms with Crippen LogP contribution in [0, 0.1) is 0 Å². The van der Waals surface area contributed by atoms with Gasteiger partial charge in [0, 0.05) is 13.7 Å². The molecule has 0 saturated carbocycles. The lowest BCUT2D eigenvalue weighted by atomic mass is 10.3. The highest BCUT2D eigenvalue weighted by Gasteiger charge is 2.03. The lowest BCUT2D eigenvalue weighted by molar-refractivity contribution is 0.0807. The van der Waals surface area contributed by atoms with Crippen LogP contribution in [0.1, 0.15) is 20.8 Å². The zero-order valence-electron chi connectivity index (χ0n) is 7.55. The van der Waals surface area contributed by atoms with Gasteiger partial charge in [-0.3, -0.25) is 0 Å². The molecule has 0 aromatic carbocycles. The van der Waals surface area contributed by atoms with Gasteiger partial charge in [-0.1, -0.05) is 13.8 Å². The van der Waals surface area contributed by atoms with Crippen LogP contribution >= 0.6 is 0 Å². The average Bonchev–Trinajstić information content (AvgIpc) is 1.99. The van der Waals surface area contributed by atoms with Gasteiger partial charge in [-0.2, -0.15) is 0 Å². The van der Waals surface area contributed by atoms with Crippen molar-refractivity contribution in [2.75, 3.05) is 26.7 Å². The van der Waals surface area contributed by atoms with Crippen molar-refractivity contribution in [2.45, 2.75) is 26.9 Å². The first-order valence-corrected chi connectivity index (χ1v) is 3.99. The van der Waals surface area contributed by atoms with Crippen LogP contribution in [-0.2, 0) is 4.74 Å². The van der Waals surface area contributed by atoms with Crippen LogP contribution < -0.4 is 0 Å². The van der Waals surface area contributed by atoms with Crippen molar-refractivity contribution >= 4 is 0 Å². The van der Waals surface area contributed by atoms with Crippen LogP contribution in [0.2, 0.25) is 0 Å². The number of hydrogen-bond donors (Lipinski definition) is 0. The number of likely N-dealkylation sites (N-methyl/N-ethyl adjacent to an activating group) is 1. The second-order valence-electron chi connectivity index (χ2n) is 2.53. The van der Waals surface area contributed by atoms with Crippen molar-refractivity contribution in [3.8, 4) is 0 Å². The van der Waals surface area contributed by atoms with Gasteiger partial charge in [-0.25, -0.2) is 0 Å². The van der Waals surface area contributed by atoms with Crippen LogP contribution in [0.25, 0.3) is 0 Å². The van der Waals surface area contributed by atoms with Crippen LogP contribution in [0.15, 0.2) is 0 Å². The minimum atomic E-state index is 0.361. The van der Waals surface area contributed by atoms with E-state index in [4.69, 9.17) is 4.74 Å². The Hall–Kier alpha value is -0.0800. The number of nitrogens with zero attached hydrogens (tertiary/aromatic N) is 1. The maximum Gasteiger partial charge on any atom is 0.0670 e. The molecule has 0 aromatic heterocycles. The van der Waals surface area contributed by atoms with Gasteiger partial charge in [0.15, 0.2) is 0 Å². The minimum Gasteiger partial charge on any atom is -0.380 e. The Balaban J connectivity index is 3.41. The van der Waals surface area contributed by atoms with Crippen molar-refractivity contribution in [3.63, 3.8) is 0 Å². The first kappa shape index (κ1) is 9.92. The lowest BCUT2D eigenvalue weighted by Gasteiger charge is -2.21. The van der Waals surface area contributed by atoms with Crippen LogP contribution in [-0.4, -0.2) is 37.7 Å². The van der Waals surface area contributed by atoms with Gasteiger partial charge in [-0.15, -0.1) is 0 Å². The van der Waals surface area contributed by atoms with Gasteiger partial charge < -0.3 is 9.64 Å². The van der Waals surface area contributed by atoms with Crippen molar-refractivity contribution < 1.29 is 4.74 Å². The summed E-state index contributed by atoms with van der Waals surface area (Å²) in [5.41, 5.74) is 0. The fraction of sp³-hybridized carbons (Fsp3) is 1.00. The maximum atomic E-state index is 5.14. The Morgan fingerprint density at radius 3 is 2.10 bits per heavy atom. The van der Waals surface area contributed by atoms with Crippen LogP contribution in [0.3, 0.4) is 0 Å². The molecule has 1 atom stereocenters. The van der Waals surface area contributed by atoms with Gasteiger partial charge in [0.25, 0.3) is 0 Å². The smallest absolute Gasteiger partial charge is 0.0670 e. The molecule has 10 heavy (non-hydrogen) atoms. The third-order valence-corrected chi connectivity index (χ3v) is 1.81. The van der Waals surface area contributed by atoms with Gasteiger partial charge >= 0.3 is 0 Å². The van der Waals surface area contributed by atoms with E-state index in [1.807, 2.05) is 0 Å². The van der Waals surface area contributed by atoms with Crippen molar-refractivity contribution in [3.05, 3.63) is 0 Å². The molecule has 0 fully saturated rings. The molecule has 0 aliphatic carbocycles. The van der Waals surface area contributed by atoms with E-state index in [2.05, 4.69) is 25.7 Å². The topological polar surface area (TPSA) is 12.5 Å². The molecule has 0 radical (unpaired) electrons. The van der Waals surface area contributed by atoms with Gasteiger partial charge in [-0.05, 0) is 20.0 Å². The van der Waals surface area contributed by atoms with E-state index in [9.17, 15) is 0 Å². The van der Waals surface area contributed by atoms with Crippen molar-refractivity contribution in [2.24, 2.45) is 0 Å². The first-order chi connectivity index (χ1) is 4.74. The summed E-state index contributed by atoms with van der Waals surface area (Å²) in [5.74, 6) is 0. The number of rotatable bonds is 5. The molecular weight excluding hydrogens is 126 g/mol. The molecule has 0 spiro atoms. The Kier molecular flexibility index (Phi) is 5.64. The molecule has 0 bridgehead atoms. The zero-order valence-corrected chi connectivity index (χ0v) is 7.55. The van der Waals surface area contributed by atoms with E-state index in [0.717, 1.165) is 19.6 Å². The van der Waals surface area contributed by atoms with E-state index in [1.54, 1.807) is 7.11 Å². The minimum absolute atomic E-state index is 0.361. The highest BCUT2D eigenvalue weighted by Crippen LogP contribution is 1.93. The molecule has 0 aromatic rings. The third-order valence-electron chi connectivity index (χ3n) is 1.81. The first-order valence-electron chi connectivity index (χ1n) is 3.99. The quantitative estimate of drug-likeness (QED) is 0.579. The molecular formula is C8H19NO. The number of hydrogen-bond acceptors (Lipinski definition) is 2. The molecule has 2 heteroatoms. The summed E-state index contributed by atoms with van der Waals surface area (Å²) in [7, 11) is 1.76. The summed E-state index contributed by atoms with van der Waals surface area (Å²) in [5, 5.41) is 0. The second-order valence-corrected chi connectivity index (χ2v) is 2.53. The van der Waals surface area contributed by atoms with Gasteiger partial charge in [0.05, 0.1) is 6.10 Å². The number of ether oxygens (including phenoxy) is 1. The molecule has 2 nitrogen and oxygen atoms in total. The van der Waals surface area contributed by atoms with E-state index in [-0.39, 0.29) is 0 Å². The van der Waals surface area contributed by atoms with E-state index < -0.39 is 0 Å². The van der Waals surface area contributed by atoms with Gasteiger partial charge in [0.1, 0.15) is 0 Å². The molecule has 0 amide bonds. The third kappa shape index (κ3) is 3.85. The molecule has 0 saturated heterocycles. The summed E-state index contributed by atoms with van der Waals surface area (Å²) in [6.45, 7) is 9.72. The molecule has 0 N–H and O–H groups in total. The normalized spacial score (nSPS) is 14.1. The molecule has 0 rings (SSSR count). The Labute approximate surface area is 64.2 Å². The standard InChI is InChI=1S/C8H19NO/c1-5-9(6-2)7-8(3)10-4/h8H,5-7H2,1-4H3/t8-/m0/s1. The zero-order chi connectivity index (χ0) is 7.98. The van der Waals surface area contributed by atoms with Crippen LogP contribution in [0.5, 0.6) is 0 Å². The SMILES string of the molecule is CCN(CC)C[C@H](C)OC. The van der Waals surface area contributed by atoms with E-state index in [1.165, 1.54) is 0 Å². The maximum absolute atomic E-state index is 5.14. The van der Waals surface area contributed by atoms with E-state index in [0.29, 0.717) is 6.10 Å². The Morgan fingerprint density at radius 2 is 1.80 bits per heavy atom. The second kappa shape index (κ2) is 5.69. The average molecular weight is 145 g/mol. The van der Waals surface area contributed by atoms with E-state index >= 15 is 0 Å². The predicted octanol–water partition coefficient (Wildman–Crippen LogP) is 1.36. The fourth-order valence-electron chi connectivity index (χ4n) is 0.920. The Bertz CT molecular complexity index is 71.7. The highest BCUT2D eigenvalue weighted by atomic mass is 16.5. The van der Waals surface area contributed by atoms with Crippen LogP contribution in [0.4, 0.5) is 0 Å². The predicted molar refractivity (Wildman–Crippen MR) is 44.3 cm³/mol. The molecule has 62 valence electrons. The summed E-state index contributed by atoms with van der Waals surface area (Å²) >= 11 is 0. The highest BCUT2D eigenvalue weighted by molar-refractivity contribution is 4.57. The van der Waals surface area contributed by atoms with Crippen molar-refractivity contribution in [1.82, 2.24) is 4.90 Å². The summed E-state index contributed by atoms with van der Waals surface area (Å²) in [4.78, 5) is 2.36. The summed E-state index contributed by atoms with van der Waals surface area (Å²) in [6, 6.07) is 0.